The van der Waals surface area contributed by atoms with Gasteiger partial charge in [0.1, 0.15) is 4.70 Å². The molecule has 0 spiro atoms. The number of aromatic nitrogens is 2. The van der Waals surface area contributed by atoms with E-state index >= 15 is 0 Å². The van der Waals surface area contributed by atoms with Gasteiger partial charge >= 0.3 is 5.69 Å². The Kier molecular flexibility index (Phi) is 4.44. The molecule has 4 rings (SSSR count). The van der Waals surface area contributed by atoms with Gasteiger partial charge in [-0.25, -0.2) is 4.79 Å². The maximum absolute atomic E-state index is 12.8. The second kappa shape index (κ2) is 6.63. The van der Waals surface area contributed by atoms with Crippen molar-refractivity contribution in [1.29, 1.82) is 0 Å². The minimum absolute atomic E-state index is 0.0613. The molecule has 2 heterocycles. The standard InChI is InChI=1S/C19H17BrN2O3S/c1-21-18(24)17-16(13-4-2-3-5-15(13)26-17)22(19(21)25)10-14(23)11-6-8-12(20)9-7-11/h6-9H,2-5,10H2,1H3. The van der Waals surface area contributed by atoms with E-state index in [1.807, 2.05) is 0 Å². The summed E-state index contributed by atoms with van der Waals surface area (Å²) in [5.74, 6) is -0.143. The monoisotopic (exact) mass is 432 g/mol. The number of thiophene rings is 1. The normalized spacial score (nSPS) is 13.8. The summed E-state index contributed by atoms with van der Waals surface area (Å²) >= 11 is 4.83. The van der Waals surface area contributed by atoms with Crippen LogP contribution >= 0.6 is 27.3 Å². The lowest BCUT2D eigenvalue weighted by atomic mass is 9.98. The van der Waals surface area contributed by atoms with Crippen molar-refractivity contribution in [2.45, 2.75) is 32.2 Å². The number of nitrogens with zero attached hydrogens (tertiary/aromatic N) is 2. The van der Waals surface area contributed by atoms with E-state index in [1.165, 1.54) is 27.8 Å². The van der Waals surface area contributed by atoms with Crippen LogP contribution in [0.15, 0.2) is 38.3 Å². The highest BCUT2D eigenvalue weighted by Crippen LogP contribution is 2.34. The van der Waals surface area contributed by atoms with Crippen LogP contribution in [0, 0.1) is 0 Å². The number of carbonyl (C=O) groups excluding carboxylic acids is 1. The van der Waals surface area contributed by atoms with Gasteiger partial charge in [-0.15, -0.1) is 11.3 Å². The number of fused-ring (bicyclic) bond motifs is 3. The Morgan fingerprint density at radius 3 is 2.58 bits per heavy atom. The number of hydrogen-bond acceptors (Lipinski definition) is 4. The summed E-state index contributed by atoms with van der Waals surface area (Å²) in [6.07, 6.45) is 3.94. The first-order chi connectivity index (χ1) is 12.5. The lowest BCUT2D eigenvalue weighted by Crippen LogP contribution is -2.39. The summed E-state index contributed by atoms with van der Waals surface area (Å²) < 4.78 is 4.08. The molecule has 3 aromatic rings. The van der Waals surface area contributed by atoms with E-state index < -0.39 is 5.69 Å². The summed E-state index contributed by atoms with van der Waals surface area (Å²) in [5, 5.41) is 0. The first-order valence-electron chi connectivity index (χ1n) is 8.50. The van der Waals surface area contributed by atoms with Gasteiger partial charge in [0.05, 0.1) is 12.1 Å². The van der Waals surface area contributed by atoms with Crippen LogP contribution in [0.4, 0.5) is 0 Å². The molecule has 0 unspecified atom stereocenters. The van der Waals surface area contributed by atoms with E-state index in [1.54, 1.807) is 24.3 Å². The van der Waals surface area contributed by atoms with Gasteiger partial charge in [-0.05, 0) is 43.4 Å². The first kappa shape index (κ1) is 17.4. The van der Waals surface area contributed by atoms with Crippen molar-refractivity contribution in [3.05, 3.63) is 65.6 Å². The topological polar surface area (TPSA) is 61.1 Å². The molecule has 0 saturated heterocycles. The number of rotatable bonds is 3. The Morgan fingerprint density at radius 2 is 1.85 bits per heavy atom. The SMILES string of the molecule is Cn1c(=O)c2sc3c(c2n(CC(=O)c2ccc(Br)cc2)c1=O)CCCC3. The molecule has 0 N–H and O–H groups in total. The molecule has 26 heavy (non-hydrogen) atoms. The number of Topliss-reactive ketones (excluding diaryl/α,β-unsaturated/α-hetero) is 1. The summed E-state index contributed by atoms with van der Waals surface area (Å²) in [6.45, 7) is -0.0613. The van der Waals surface area contributed by atoms with Crippen molar-refractivity contribution < 1.29 is 4.79 Å². The highest BCUT2D eigenvalue weighted by Gasteiger charge is 2.23. The molecule has 134 valence electrons. The molecule has 5 nitrogen and oxygen atoms in total. The Labute approximate surface area is 162 Å². The zero-order valence-corrected chi connectivity index (χ0v) is 16.7. The van der Waals surface area contributed by atoms with Crippen molar-refractivity contribution in [2.75, 3.05) is 0 Å². The van der Waals surface area contributed by atoms with Crippen molar-refractivity contribution in [1.82, 2.24) is 9.13 Å². The molecule has 0 atom stereocenters. The first-order valence-corrected chi connectivity index (χ1v) is 10.1. The molecule has 1 aromatic carbocycles. The van der Waals surface area contributed by atoms with Gasteiger partial charge in [0.2, 0.25) is 0 Å². The van der Waals surface area contributed by atoms with Crippen LogP contribution in [-0.2, 0) is 26.4 Å². The molecule has 2 aromatic heterocycles. The molecular weight excluding hydrogens is 416 g/mol. The lowest BCUT2D eigenvalue weighted by Gasteiger charge is -2.14. The molecule has 0 aliphatic heterocycles. The summed E-state index contributed by atoms with van der Waals surface area (Å²) in [4.78, 5) is 39.3. The van der Waals surface area contributed by atoms with Crippen molar-refractivity contribution in [3.8, 4) is 0 Å². The summed E-state index contributed by atoms with van der Waals surface area (Å²) in [7, 11) is 1.48. The maximum atomic E-state index is 12.8. The zero-order chi connectivity index (χ0) is 18.4. The van der Waals surface area contributed by atoms with Crippen LogP contribution in [0.2, 0.25) is 0 Å². The summed E-state index contributed by atoms with van der Waals surface area (Å²) in [6, 6.07) is 7.08. The Hall–Kier alpha value is -1.99. The molecule has 0 radical (unpaired) electrons. The van der Waals surface area contributed by atoms with E-state index in [4.69, 9.17) is 0 Å². The van der Waals surface area contributed by atoms with Crippen LogP contribution in [-0.4, -0.2) is 14.9 Å². The van der Waals surface area contributed by atoms with E-state index in [0.717, 1.165) is 40.3 Å². The predicted octanol–water partition coefficient (Wildman–Crippen LogP) is 3.29. The van der Waals surface area contributed by atoms with Gasteiger partial charge < -0.3 is 0 Å². The lowest BCUT2D eigenvalue weighted by molar-refractivity contribution is 0.0971. The molecular formula is C19H17BrN2O3S. The summed E-state index contributed by atoms with van der Waals surface area (Å²) in [5.41, 5.74) is 1.60. The fourth-order valence-electron chi connectivity index (χ4n) is 3.51. The predicted molar refractivity (Wildman–Crippen MR) is 106 cm³/mol. The molecule has 7 heteroatoms. The Bertz CT molecular complexity index is 1140. The highest BCUT2D eigenvalue weighted by atomic mass is 79.9. The number of benzene rings is 1. The fraction of sp³-hybridized carbons (Fsp3) is 0.316. The van der Waals surface area contributed by atoms with Gasteiger partial charge in [-0.3, -0.25) is 18.7 Å². The van der Waals surface area contributed by atoms with Crippen molar-refractivity contribution >= 4 is 43.3 Å². The third-order valence-electron chi connectivity index (χ3n) is 4.90. The minimum Gasteiger partial charge on any atom is -0.292 e. The van der Waals surface area contributed by atoms with Gasteiger partial charge in [-0.1, -0.05) is 28.1 Å². The number of ketones is 1. The fourth-order valence-corrected chi connectivity index (χ4v) is 5.15. The van der Waals surface area contributed by atoms with Crippen LogP contribution in [0.25, 0.3) is 10.2 Å². The van der Waals surface area contributed by atoms with Gasteiger partial charge in [0.25, 0.3) is 5.56 Å². The third kappa shape index (κ3) is 2.79. The van der Waals surface area contributed by atoms with E-state index in [-0.39, 0.29) is 17.9 Å². The van der Waals surface area contributed by atoms with Crippen molar-refractivity contribution in [3.63, 3.8) is 0 Å². The average molecular weight is 433 g/mol. The van der Waals surface area contributed by atoms with Crippen molar-refractivity contribution in [2.24, 2.45) is 7.05 Å². The minimum atomic E-state index is -0.431. The van der Waals surface area contributed by atoms with Crippen LogP contribution < -0.4 is 11.2 Å². The highest BCUT2D eigenvalue weighted by molar-refractivity contribution is 9.10. The molecule has 0 saturated carbocycles. The van der Waals surface area contributed by atoms with E-state index in [9.17, 15) is 14.4 Å². The van der Waals surface area contributed by atoms with E-state index in [2.05, 4.69) is 15.9 Å². The second-order valence-electron chi connectivity index (χ2n) is 6.55. The average Bonchev–Trinajstić information content (AvgIpc) is 3.03. The second-order valence-corrected chi connectivity index (χ2v) is 8.57. The molecule has 1 aliphatic carbocycles. The Balaban J connectivity index is 1.90. The van der Waals surface area contributed by atoms with Crippen LogP contribution in [0.1, 0.15) is 33.6 Å². The van der Waals surface area contributed by atoms with Gasteiger partial charge in [-0.2, -0.15) is 0 Å². The van der Waals surface area contributed by atoms with E-state index in [0.29, 0.717) is 15.8 Å². The Morgan fingerprint density at radius 1 is 1.15 bits per heavy atom. The number of halogens is 1. The van der Waals surface area contributed by atoms with Gasteiger partial charge in [0.15, 0.2) is 5.78 Å². The van der Waals surface area contributed by atoms with Crippen LogP contribution in [0.5, 0.6) is 0 Å². The number of aryl methyl sites for hydroxylation is 2. The maximum Gasteiger partial charge on any atom is 0.331 e. The largest absolute Gasteiger partial charge is 0.331 e. The molecule has 0 amide bonds. The molecule has 0 fully saturated rings. The van der Waals surface area contributed by atoms with Crippen LogP contribution in [0.3, 0.4) is 0 Å². The smallest absolute Gasteiger partial charge is 0.292 e. The van der Waals surface area contributed by atoms with Gasteiger partial charge in [0, 0.05) is 22.0 Å². The number of carbonyl (C=O) groups is 1. The molecule has 0 bridgehead atoms. The number of hydrogen-bond donors (Lipinski definition) is 0. The third-order valence-corrected chi connectivity index (χ3v) is 6.70. The zero-order valence-electron chi connectivity index (χ0n) is 14.3. The quantitative estimate of drug-likeness (QED) is 0.596. The molecule has 1 aliphatic rings.